The molecule has 2 aromatic heterocycles. The lowest BCUT2D eigenvalue weighted by atomic mass is 10.7. The Hall–Kier alpha value is -1.52. The quantitative estimate of drug-likeness (QED) is 0.468. The minimum Gasteiger partial charge on any atom is -0.307 e. The molecule has 0 aliphatic carbocycles. The van der Waals surface area contributed by atoms with Gasteiger partial charge in [-0.15, -0.1) is 10.0 Å². The molecule has 2 N–H and O–H groups in total. The first kappa shape index (κ1) is 4.37. The van der Waals surface area contributed by atoms with Gasteiger partial charge in [0.25, 0.3) is 0 Å². The second kappa shape index (κ2) is 1.25. The largest absolute Gasteiger partial charge is 0.307 e. The molecule has 9 heavy (non-hydrogen) atoms. The molecule has 5 heteroatoms. The van der Waals surface area contributed by atoms with Crippen molar-refractivity contribution < 1.29 is 0 Å². The highest BCUT2D eigenvalue weighted by atomic mass is 15.7. The highest BCUT2D eigenvalue weighted by molar-refractivity contribution is 5.39. The second-order valence-corrected chi connectivity index (χ2v) is 1.73. The van der Waals surface area contributed by atoms with Gasteiger partial charge in [-0.1, -0.05) is 0 Å². The Bertz CT molecular complexity index is 318. The SMILES string of the molecule is Nn1ncc2cncn21. The fourth-order valence-electron chi connectivity index (χ4n) is 0.736. The van der Waals surface area contributed by atoms with Crippen LogP contribution in [0.4, 0.5) is 0 Å². The Morgan fingerprint density at radius 3 is 3.11 bits per heavy atom. The number of fused-ring (bicyclic) bond motifs is 1. The summed E-state index contributed by atoms with van der Waals surface area (Å²) >= 11 is 0. The molecule has 2 aromatic rings. The van der Waals surface area contributed by atoms with Crippen LogP contribution in [-0.2, 0) is 0 Å². The van der Waals surface area contributed by atoms with Crippen molar-refractivity contribution in [1.29, 1.82) is 0 Å². The molecule has 0 saturated heterocycles. The summed E-state index contributed by atoms with van der Waals surface area (Å²) < 4.78 is 1.64. The molecule has 5 nitrogen and oxygen atoms in total. The average molecular weight is 123 g/mol. The molecule has 0 atom stereocenters. The summed E-state index contributed by atoms with van der Waals surface area (Å²) in [7, 11) is 0. The molecule has 46 valence electrons. The molecule has 2 heterocycles. The number of rotatable bonds is 0. The maximum Gasteiger partial charge on any atom is 0.119 e. The molecule has 0 bridgehead atoms. The van der Waals surface area contributed by atoms with Crippen molar-refractivity contribution in [2.75, 3.05) is 5.84 Å². The summed E-state index contributed by atoms with van der Waals surface area (Å²) in [6.45, 7) is 0. The third-order valence-electron chi connectivity index (χ3n) is 1.18. The zero-order valence-electron chi connectivity index (χ0n) is 4.60. The van der Waals surface area contributed by atoms with Gasteiger partial charge < -0.3 is 5.84 Å². The lowest BCUT2D eigenvalue weighted by Crippen LogP contribution is -2.15. The number of hydrogen-bond acceptors (Lipinski definition) is 3. The van der Waals surface area contributed by atoms with Crippen LogP contribution >= 0.6 is 0 Å². The molecular weight excluding hydrogens is 118 g/mol. The fourth-order valence-corrected chi connectivity index (χ4v) is 0.736. The van der Waals surface area contributed by atoms with Gasteiger partial charge >= 0.3 is 0 Å². The van der Waals surface area contributed by atoms with Gasteiger partial charge in [-0.25, -0.2) is 9.50 Å². The third kappa shape index (κ3) is 0.426. The van der Waals surface area contributed by atoms with Crippen molar-refractivity contribution in [3.05, 3.63) is 18.7 Å². The van der Waals surface area contributed by atoms with Crippen LogP contribution in [0.1, 0.15) is 0 Å². The zero-order valence-corrected chi connectivity index (χ0v) is 4.60. The summed E-state index contributed by atoms with van der Waals surface area (Å²) in [5.74, 6) is 5.35. The van der Waals surface area contributed by atoms with Gasteiger partial charge in [0.15, 0.2) is 0 Å². The van der Waals surface area contributed by atoms with Crippen LogP contribution in [0.5, 0.6) is 0 Å². The predicted molar refractivity (Wildman–Crippen MR) is 31.1 cm³/mol. The monoisotopic (exact) mass is 123 g/mol. The van der Waals surface area contributed by atoms with Crippen LogP contribution in [0.2, 0.25) is 0 Å². The van der Waals surface area contributed by atoms with E-state index in [1.54, 1.807) is 23.2 Å². The molecule has 0 radical (unpaired) electrons. The Kier molecular flexibility index (Phi) is 0.606. The van der Waals surface area contributed by atoms with Gasteiger partial charge in [-0.2, -0.15) is 0 Å². The van der Waals surface area contributed by atoms with E-state index in [1.807, 2.05) is 0 Å². The first-order chi connectivity index (χ1) is 4.38. The van der Waals surface area contributed by atoms with Crippen LogP contribution < -0.4 is 5.84 Å². The number of imidazole rings is 1. The van der Waals surface area contributed by atoms with Crippen molar-refractivity contribution in [2.24, 2.45) is 0 Å². The average Bonchev–Trinajstić information content (AvgIpc) is 2.35. The topological polar surface area (TPSA) is 61.1 Å². The lowest BCUT2D eigenvalue weighted by molar-refractivity contribution is 0.652. The van der Waals surface area contributed by atoms with Crippen LogP contribution in [0, 0.1) is 0 Å². The van der Waals surface area contributed by atoms with Crippen molar-refractivity contribution in [3.63, 3.8) is 0 Å². The van der Waals surface area contributed by atoms with Crippen molar-refractivity contribution in [1.82, 2.24) is 19.5 Å². The summed E-state index contributed by atoms with van der Waals surface area (Å²) in [5, 5.41) is 3.77. The molecule has 0 amide bonds. The van der Waals surface area contributed by atoms with E-state index in [1.165, 1.54) is 4.91 Å². The second-order valence-electron chi connectivity index (χ2n) is 1.73. The molecule has 0 aliphatic heterocycles. The number of nitrogens with zero attached hydrogens (tertiary/aromatic N) is 4. The van der Waals surface area contributed by atoms with Gasteiger partial charge in [0.05, 0.1) is 12.4 Å². The number of hydrogen-bond donors (Lipinski definition) is 1. The fraction of sp³-hybridized carbons (Fsp3) is 0. The first-order valence-corrected chi connectivity index (χ1v) is 2.49. The Balaban J connectivity index is 2.99. The van der Waals surface area contributed by atoms with Crippen molar-refractivity contribution in [2.45, 2.75) is 0 Å². The predicted octanol–water partition coefficient (Wildman–Crippen LogP) is -0.755. The highest BCUT2D eigenvalue weighted by Gasteiger charge is 1.94. The lowest BCUT2D eigenvalue weighted by Gasteiger charge is -1.87. The first-order valence-electron chi connectivity index (χ1n) is 2.49. The van der Waals surface area contributed by atoms with Crippen LogP contribution in [0.15, 0.2) is 18.7 Å². The zero-order chi connectivity index (χ0) is 6.27. The number of aromatic nitrogens is 4. The normalized spacial score (nSPS) is 10.7. The third-order valence-corrected chi connectivity index (χ3v) is 1.18. The molecule has 0 spiro atoms. The van der Waals surface area contributed by atoms with Crippen LogP contribution in [0.25, 0.3) is 5.52 Å². The summed E-state index contributed by atoms with van der Waals surface area (Å²) in [6.07, 6.45) is 4.94. The Morgan fingerprint density at radius 2 is 2.33 bits per heavy atom. The molecule has 0 aliphatic rings. The number of nitrogen functional groups attached to an aromatic ring is 1. The summed E-state index contributed by atoms with van der Waals surface area (Å²) in [5.41, 5.74) is 0.900. The maximum absolute atomic E-state index is 5.35. The van der Waals surface area contributed by atoms with Crippen LogP contribution in [-0.4, -0.2) is 19.5 Å². The van der Waals surface area contributed by atoms with E-state index in [0.717, 1.165) is 5.52 Å². The van der Waals surface area contributed by atoms with E-state index in [9.17, 15) is 0 Å². The summed E-state index contributed by atoms with van der Waals surface area (Å²) in [4.78, 5) is 5.07. The Labute approximate surface area is 50.7 Å². The van der Waals surface area contributed by atoms with Gasteiger partial charge in [0.1, 0.15) is 11.8 Å². The molecule has 0 fully saturated rings. The van der Waals surface area contributed by atoms with E-state index >= 15 is 0 Å². The van der Waals surface area contributed by atoms with E-state index in [4.69, 9.17) is 5.84 Å². The van der Waals surface area contributed by atoms with E-state index < -0.39 is 0 Å². The van der Waals surface area contributed by atoms with Gasteiger partial charge in [-0.05, 0) is 0 Å². The van der Waals surface area contributed by atoms with E-state index in [2.05, 4.69) is 10.1 Å². The van der Waals surface area contributed by atoms with Crippen molar-refractivity contribution >= 4 is 5.52 Å². The molecule has 0 saturated carbocycles. The summed E-state index contributed by atoms with van der Waals surface area (Å²) in [6, 6.07) is 0. The van der Waals surface area contributed by atoms with Gasteiger partial charge in [-0.3, -0.25) is 0 Å². The van der Waals surface area contributed by atoms with E-state index in [-0.39, 0.29) is 0 Å². The molecule has 0 aromatic carbocycles. The molecule has 2 rings (SSSR count). The van der Waals surface area contributed by atoms with Crippen LogP contribution in [0.3, 0.4) is 0 Å². The van der Waals surface area contributed by atoms with E-state index in [0.29, 0.717) is 0 Å². The minimum atomic E-state index is 0.900. The standard InChI is InChI=1S/C4H5N5/c5-9-7-2-4-1-6-3-8(4)9/h1-3H,5H2. The Morgan fingerprint density at radius 1 is 1.44 bits per heavy atom. The number of nitrogens with two attached hydrogens (primary N) is 1. The molecular formula is C4H5N5. The smallest absolute Gasteiger partial charge is 0.119 e. The van der Waals surface area contributed by atoms with Crippen molar-refractivity contribution in [3.8, 4) is 0 Å². The minimum absolute atomic E-state index is 0.900. The molecule has 0 unspecified atom stereocenters. The highest BCUT2D eigenvalue weighted by Crippen LogP contribution is 1.95. The maximum atomic E-state index is 5.35. The van der Waals surface area contributed by atoms with Gasteiger partial charge in [0, 0.05) is 0 Å². The van der Waals surface area contributed by atoms with Gasteiger partial charge in [0.2, 0.25) is 0 Å².